The Bertz CT molecular complexity index is 302. The fraction of sp³-hybridized carbons (Fsp3) is 0.400. The summed E-state index contributed by atoms with van der Waals surface area (Å²) in [7, 11) is 1.88. The lowest BCUT2D eigenvalue weighted by molar-refractivity contribution is 0.616. The number of hydrogen-bond acceptors (Lipinski definition) is 2. The van der Waals surface area contributed by atoms with Gasteiger partial charge in [0, 0.05) is 12.6 Å². The number of halogens is 2. The van der Waals surface area contributed by atoms with Gasteiger partial charge in [-0.1, -0.05) is 29.3 Å². The molecule has 2 nitrogen and oxygen atoms in total. The first kappa shape index (κ1) is 11.8. The molecule has 78 valence electrons. The summed E-state index contributed by atoms with van der Waals surface area (Å²) in [4.78, 5) is 0. The third-order valence-corrected chi connectivity index (χ3v) is 2.69. The highest BCUT2D eigenvalue weighted by Gasteiger charge is 2.04. The molecule has 0 aliphatic carbocycles. The summed E-state index contributed by atoms with van der Waals surface area (Å²) in [5.74, 6) is 0. The van der Waals surface area contributed by atoms with Crippen LogP contribution in [0.2, 0.25) is 10.0 Å². The lowest BCUT2D eigenvalue weighted by Crippen LogP contribution is -2.33. The van der Waals surface area contributed by atoms with E-state index in [1.165, 1.54) is 0 Å². The zero-order chi connectivity index (χ0) is 10.6. The molecule has 0 aliphatic rings. The molecule has 1 aromatic carbocycles. The Morgan fingerprint density at radius 2 is 2.07 bits per heavy atom. The summed E-state index contributed by atoms with van der Waals surface area (Å²) in [5, 5.41) is 4.19. The van der Waals surface area contributed by atoms with E-state index < -0.39 is 0 Å². The Kier molecular flexibility index (Phi) is 4.69. The summed E-state index contributed by atoms with van der Waals surface area (Å²) in [6.45, 7) is 0.792. The minimum absolute atomic E-state index is 0.109. The Balaban J connectivity index is 2.63. The van der Waals surface area contributed by atoms with Gasteiger partial charge in [0.1, 0.15) is 0 Å². The van der Waals surface area contributed by atoms with Crippen LogP contribution in [0, 0.1) is 0 Å². The molecule has 0 heterocycles. The van der Waals surface area contributed by atoms with Crippen molar-refractivity contribution in [3.63, 3.8) is 0 Å². The minimum Gasteiger partial charge on any atom is -0.326 e. The smallest absolute Gasteiger partial charge is 0.0595 e. The predicted octanol–water partition coefficient (Wildman–Crippen LogP) is 2.08. The molecule has 0 radical (unpaired) electrons. The number of rotatable bonds is 4. The summed E-state index contributed by atoms with van der Waals surface area (Å²) >= 11 is 11.7. The van der Waals surface area contributed by atoms with E-state index in [1.807, 2.05) is 19.2 Å². The Labute approximate surface area is 94.4 Å². The third kappa shape index (κ3) is 3.46. The maximum atomic E-state index is 5.89. The van der Waals surface area contributed by atoms with E-state index in [2.05, 4.69) is 5.32 Å². The first-order chi connectivity index (χ1) is 6.63. The van der Waals surface area contributed by atoms with Gasteiger partial charge in [-0.15, -0.1) is 0 Å². The average Bonchev–Trinajstić information content (AvgIpc) is 2.12. The first-order valence-corrected chi connectivity index (χ1v) is 5.23. The summed E-state index contributed by atoms with van der Waals surface area (Å²) in [5.41, 5.74) is 6.98. The first-order valence-electron chi connectivity index (χ1n) is 4.47. The molecule has 0 saturated carbocycles. The van der Waals surface area contributed by atoms with Gasteiger partial charge in [-0.3, -0.25) is 0 Å². The molecule has 1 rings (SSSR count). The van der Waals surface area contributed by atoms with Gasteiger partial charge in [-0.25, -0.2) is 0 Å². The van der Waals surface area contributed by atoms with Crippen molar-refractivity contribution < 1.29 is 0 Å². The van der Waals surface area contributed by atoms with Crippen molar-refractivity contribution >= 4 is 23.2 Å². The van der Waals surface area contributed by atoms with Crippen LogP contribution in [0.1, 0.15) is 5.56 Å². The number of benzene rings is 1. The lowest BCUT2D eigenvalue weighted by Gasteiger charge is -2.11. The van der Waals surface area contributed by atoms with E-state index in [1.54, 1.807) is 6.07 Å². The molecule has 0 aliphatic heterocycles. The number of likely N-dealkylation sites (N-methyl/N-ethyl adjacent to an activating group) is 1. The van der Waals surface area contributed by atoms with E-state index in [-0.39, 0.29) is 6.04 Å². The topological polar surface area (TPSA) is 38.0 Å². The quantitative estimate of drug-likeness (QED) is 0.835. The van der Waals surface area contributed by atoms with E-state index in [0.717, 1.165) is 18.5 Å². The van der Waals surface area contributed by atoms with Gasteiger partial charge in [0.25, 0.3) is 0 Å². The van der Waals surface area contributed by atoms with E-state index in [9.17, 15) is 0 Å². The number of nitrogens with one attached hydrogen (secondary N) is 1. The molecule has 4 heteroatoms. The Hall–Kier alpha value is -0.280. The van der Waals surface area contributed by atoms with E-state index in [4.69, 9.17) is 28.9 Å². The average molecular weight is 233 g/mol. The van der Waals surface area contributed by atoms with Crippen LogP contribution in [-0.2, 0) is 6.42 Å². The van der Waals surface area contributed by atoms with Crippen LogP contribution in [0.25, 0.3) is 0 Å². The van der Waals surface area contributed by atoms with Gasteiger partial charge < -0.3 is 11.1 Å². The van der Waals surface area contributed by atoms with Crippen LogP contribution in [0.3, 0.4) is 0 Å². The van der Waals surface area contributed by atoms with Crippen molar-refractivity contribution in [2.75, 3.05) is 13.6 Å². The Morgan fingerprint density at radius 1 is 1.36 bits per heavy atom. The van der Waals surface area contributed by atoms with Gasteiger partial charge in [0.2, 0.25) is 0 Å². The van der Waals surface area contributed by atoms with Gasteiger partial charge in [0.15, 0.2) is 0 Å². The predicted molar refractivity (Wildman–Crippen MR) is 62.1 cm³/mol. The van der Waals surface area contributed by atoms with Gasteiger partial charge in [-0.2, -0.15) is 0 Å². The van der Waals surface area contributed by atoms with E-state index in [0.29, 0.717) is 10.0 Å². The van der Waals surface area contributed by atoms with Crippen molar-refractivity contribution in [2.45, 2.75) is 12.5 Å². The Morgan fingerprint density at radius 3 is 2.64 bits per heavy atom. The SMILES string of the molecule is CNCC(N)Cc1ccc(Cl)c(Cl)c1. The van der Waals surface area contributed by atoms with Crippen molar-refractivity contribution in [3.05, 3.63) is 33.8 Å². The molecule has 1 aromatic rings. The van der Waals surface area contributed by atoms with Gasteiger partial charge in [0.05, 0.1) is 10.0 Å². The molecule has 0 spiro atoms. The van der Waals surface area contributed by atoms with Crippen LogP contribution in [0.5, 0.6) is 0 Å². The molecular weight excluding hydrogens is 219 g/mol. The second kappa shape index (κ2) is 5.56. The van der Waals surface area contributed by atoms with Crippen LogP contribution in [0.4, 0.5) is 0 Å². The van der Waals surface area contributed by atoms with Gasteiger partial charge in [-0.05, 0) is 31.2 Å². The fourth-order valence-corrected chi connectivity index (χ4v) is 1.62. The summed E-state index contributed by atoms with van der Waals surface area (Å²) in [6, 6.07) is 5.71. The highest BCUT2D eigenvalue weighted by Crippen LogP contribution is 2.22. The second-order valence-electron chi connectivity index (χ2n) is 3.27. The lowest BCUT2D eigenvalue weighted by atomic mass is 10.1. The second-order valence-corrected chi connectivity index (χ2v) is 4.08. The summed E-state index contributed by atoms with van der Waals surface area (Å²) in [6.07, 6.45) is 0.803. The monoisotopic (exact) mass is 232 g/mol. The molecule has 0 bridgehead atoms. The maximum Gasteiger partial charge on any atom is 0.0595 e. The number of nitrogens with two attached hydrogens (primary N) is 1. The van der Waals surface area contributed by atoms with Gasteiger partial charge >= 0.3 is 0 Å². The fourth-order valence-electron chi connectivity index (χ4n) is 1.30. The number of hydrogen-bond donors (Lipinski definition) is 2. The minimum atomic E-state index is 0.109. The van der Waals surface area contributed by atoms with Crippen molar-refractivity contribution in [3.8, 4) is 0 Å². The summed E-state index contributed by atoms with van der Waals surface area (Å²) < 4.78 is 0. The highest BCUT2D eigenvalue weighted by atomic mass is 35.5. The molecule has 0 saturated heterocycles. The molecule has 0 amide bonds. The standard InChI is InChI=1S/C10H14Cl2N2/c1-14-6-8(13)4-7-2-3-9(11)10(12)5-7/h2-3,5,8,14H,4,6,13H2,1H3. The zero-order valence-electron chi connectivity index (χ0n) is 8.06. The van der Waals surface area contributed by atoms with Crippen molar-refractivity contribution in [1.29, 1.82) is 0 Å². The highest BCUT2D eigenvalue weighted by molar-refractivity contribution is 6.42. The van der Waals surface area contributed by atoms with Crippen molar-refractivity contribution in [2.24, 2.45) is 5.73 Å². The third-order valence-electron chi connectivity index (χ3n) is 1.95. The maximum absolute atomic E-state index is 5.89. The molecule has 0 aromatic heterocycles. The van der Waals surface area contributed by atoms with Crippen LogP contribution < -0.4 is 11.1 Å². The van der Waals surface area contributed by atoms with E-state index >= 15 is 0 Å². The van der Waals surface area contributed by atoms with Crippen LogP contribution >= 0.6 is 23.2 Å². The largest absolute Gasteiger partial charge is 0.326 e. The van der Waals surface area contributed by atoms with Crippen LogP contribution in [0.15, 0.2) is 18.2 Å². The molecule has 1 atom stereocenters. The molecule has 0 fully saturated rings. The molecular formula is C10H14Cl2N2. The molecule has 14 heavy (non-hydrogen) atoms. The molecule has 1 unspecified atom stereocenters. The normalized spacial score (nSPS) is 12.9. The van der Waals surface area contributed by atoms with Crippen LogP contribution in [-0.4, -0.2) is 19.6 Å². The molecule has 3 N–H and O–H groups in total. The van der Waals surface area contributed by atoms with Crippen molar-refractivity contribution in [1.82, 2.24) is 5.32 Å². The zero-order valence-corrected chi connectivity index (χ0v) is 9.57.